The smallest absolute Gasteiger partial charge is 0.214 e. The van der Waals surface area contributed by atoms with Crippen LogP contribution in [0.15, 0.2) is 0 Å². The van der Waals surface area contributed by atoms with Crippen molar-refractivity contribution in [2.24, 2.45) is 0 Å². The summed E-state index contributed by atoms with van der Waals surface area (Å²) in [5.74, 6) is 0.306. The summed E-state index contributed by atoms with van der Waals surface area (Å²) in [6, 6.07) is 0.182. The Morgan fingerprint density at radius 2 is 2.06 bits per heavy atom. The molecule has 4 nitrogen and oxygen atoms in total. The van der Waals surface area contributed by atoms with Crippen molar-refractivity contribution in [2.75, 3.05) is 25.4 Å². The molecule has 1 atom stereocenters. The Kier molecular flexibility index (Phi) is 5.72. The summed E-state index contributed by atoms with van der Waals surface area (Å²) >= 11 is 0. The van der Waals surface area contributed by atoms with Gasteiger partial charge in [-0.25, -0.2) is 8.42 Å². The van der Waals surface area contributed by atoms with Crippen molar-refractivity contribution in [1.29, 1.82) is 0 Å². The molecule has 0 bridgehead atoms. The molecule has 1 aliphatic rings. The van der Waals surface area contributed by atoms with Gasteiger partial charge in [-0.2, -0.15) is 4.31 Å². The molecule has 0 aromatic carbocycles. The van der Waals surface area contributed by atoms with E-state index in [1.165, 1.54) is 0 Å². The second-order valence-corrected chi connectivity index (χ2v) is 6.47. The Morgan fingerprint density at radius 1 is 1.31 bits per heavy atom. The van der Waals surface area contributed by atoms with E-state index in [0.717, 1.165) is 38.8 Å². The summed E-state index contributed by atoms with van der Waals surface area (Å²) in [6.45, 7) is 6.47. The molecule has 0 amide bonds. The first kappa shape index (κ1) is 13.9. The fourth-order valence-electron chi connectivity index (χ4n) is 2.10. The SMILES string of the molecule is CCCCS(=O)(=O)N(CCC)C1CCNC1. The molecule has 1 fully saturated rings. The number of unbranched alkanes of at least 4 members (excludes halogenated alkanes) is 1. The first-order chi connectivity index (χ1) is 7.61. The van der Waals surface area contributed by atoms with Gasteiger partial charge in [-0.15, -0.1) is 0 Å². The highest BCUT2D eigenvalue weighted by molar-refractivity contribution is 7.89. The highest BCUT2D eigenvalue weighted by Gasteiger charge is 2.30. The van der Waals surface area contributed by atoms with Gasteiger partial charge in [0.2, 0.25) is 10.0 Å². The van der Waals surface area contributed by atoms with Crippen molar-refractivity contribution in [1.82, 2.24) is 9.62 Å². The van der Waals surface area contributed by atoms with Gasteiger partial charge in [0.15, 0.2) is 0 Å². The van der Waals surface area contributed by atoms with Crippen LogP contribution in [0.4, 0.5) is 0 Å². The molecule has 5 heteroatoms. The largest absolute Gasteiger partial charge is 0.315 e. The normalized spacial score (nSPS) is 21.8. The molecule has 1 saturated heterocycles. The van der Waals surface area contributed by atoms with Gasteiger partial charge in [0.25, 0.3) is 0 Å². The zero-order chi connectivity index (χ0) is 12.0. The standard InChI is InChI=1S/C11H24N2O2S/c1-3-5-9-16(14,15)13(8-4-2)11-6-7-12-10-11/h11-12H,3-10H2,1-2H3. The Morgan fingerprint density at radius 3 is 2.56 bits per heavy atom. The summed E-state index contributed by atoms with van der Waals surface area (Å²) < 4.78 is 26.1. The molecule has 1 aliphatic heterocycles. The fourth-order valence-corrected chi connectivity index (χ4v) is 4.08. The van der Waals surface area contributed by atoms with Crippen LogP contribution in [0, 0.1) is 0 Å². The number of sulfonamides is 1. The van der Waals surface area contributed by atoms with Gasteiger partial charge < -0.3 is 5.32 Å². The van der Waals surface area contributed by atoms with Gasteiger partial charge in [-0.3, -0.25) is 0 Å². The first-order valence-electron chi connectivity index (χ1n) is 6.32. The summed E-state index contributed by atoms with van der Waals surface area (Å²) in [5.41, 5.74) is 0. The highest BCUT2D eigenvalue weighted by atomic mass is 32.2. The van der Waals surface area contributed by atoms with Crippen LogP contribution in [0.3, 0.4) is 0 Å². The third-order valence-electron chi connectivity index (χ3n) is 3.00. The van der Waals surface area contributed by atoms with E-state index < -0.39 is 10.0 Å². The molecule has 1 rings (SSSR count). The third kappa shape index (κ3) is 3.71. The van der Waals surface area contributed by atoms with Gasteiger partial charge in [-0.1, -0.05) is 20.3 Å². The van der Waals surface area contributed by atoms with Crippen LogP contribution in [0.1, 0.15) is 39.5 Å². The maximum atomic E-state index is 12.2. The maximum Gasteiger partial charge on any atom is 0.214 e. The Bertz CT molecular complexity index is 284. The minimum atomic E-state index is -3.04. The summed E-state index contributed by atoms with van der Waals surface area (Å²) in [5, 5.41) is 3.23. The number of rotatable bonds is 7. The summed E-state index contributed by atoms with van der Waals surface area (Å²) in [7, 11) is -3.04. The first-order valence-corrected chi connectivity index (χ1v) is 7.93. The molecule has 16 heavy (non-hydrogen) atoms. The quantitative estimate of drug-likeness (QED) is 0.736. The Balaban J connectivity index is 2.67. The van der Waals surface area contributed by atoms with E-state index in [2.05, 4.69) is 5.32 Å². The average Bonchev–Trinajstić information content (AvgIpc) is 2.76. The number of nitrogens with one attached hydrogen (secondary N) is 1. The van der Waals surface area contributed by atoms with E-state index in [1.807, 2.05) is 13.8 Å². The van der Waals surface area contributed by atoms with Gasteiger partial charge in [0, 0.05) is 19.1 Å². The molecule has 0 spiro atoms. The molecule has 96 valence electrons. The van der Waals surface area contributed by atoms with Gasteiger partial charge >= 0.3 is 0 Å². The van der Waals surface area contributed by atoms with E-state index >= 15 is 0 Å². The van der Waals surface area contributed by atoms with Crippen molar-refractivity contribution < 1.29 is 8.42 Å². The predicted molar refractivity (Wildman–Crippen MR) is 67.0 cm³/mol. The molecule has 0 saturated carbocycles. The number of hydrogen-bond donors (Lipinski definition) is 1. The Labute approximate surface area is 99.5 Å². The summed E-state index contributed by atoms with van der Waals surface area (Å²) in [4.78, 5) is 0. The molecule has 0 aliphatic carbocycles. The van der Waals surface area contributed by atoms with E-state index in [4.69, 9.17) is 0 Å². The average molecular weight is 248 g/mol. The van der Waals surface area contributed by atoms with Crippen molar-refractivity contribution in [3.63, 3.8) is 0 Å². The van der Waals surface area contributed by atoms with Crippen molar-refractivity contribution in [3.05, 3.63) is 0 Å². The van der Waals surface area contributed by atoms with Gasteiger partial charge in [0.1, 0.15) is 0 Å². The lowest BCUT2D eigenvalue weighted by Gasteiger charge is -2.27. The highest BCUT2D eigenvalue weighted by Crippen LogP contribution is 2.15. The van der Waals surface area contributed by atoms with Crippen LogP contribution in [-0.4, -0.2) is 44.2 Å². The zero-order valence-electron chi connectivity index (χ0n) is 10.4. The lowest BCUT2D eigenvalue weighted by Crippen LogP contribution is -2.43. The topological polar surface area (TPSA) is 49.4 Å². The Hall–Kier alpha value is -0.130. The molecule has 1 unspecified atom stereocenters. The van der Waals surface area contributed by atoms with Crippen LogP contribution in [0.25, 0.3) is 0 Å². The maximum absolute atomic E-state index is 12.2. The minimum Gasteiger partial charge on any atom is -0.315 e. The molecule has 0 aromatic heterocycles. The zero-order valence-corrected chi connectivity index (χ0v) is 11.2. The lowest BCUT2D eigenvalue weighted by molar-refractivity contribution is 0.334. The van der Waals surface area contributed by atoms with E-state index in [9.17, 15) is 8.42 Å². The second kappa shape index (κ2) is 6.57. The van der Waals surface area contributed by atoms with Crippen LogP contribution >= 0.6 is 0 Å². The number of nitrogens with zero attached hydrogens (tertiary/aromatic N) is 1. The van der Waals surface area contributed by atoms with Gasteiger partial charge in [-0.05, 0) is 25.8 Å². The van der Waals surface area contributed by atoms with Crippen LogP contribution in [0.5, 0.6) is 0 Å². The third-order valence-corrected chi connectivity index (χ3v) is 5.00. The van der Waals surface area contributed by atoms with Crippen molar-refractivity contribution >= 4 is 10.0 Å². The number of hydrogen-bond acceptors (Lipinski definition) is 3. The van der Waals surface area contributed by atoms with Gasteiger partial charge in [0.05, 0.1) is 5.75 Å². The van der Waals surface area contributed by atoms with Crippen LogP contribution < -0.4 is 5.32 Å². The van der Waals surface area contributed by atoms with Crippen LogP contribution in [0.2, 0.25) is 0 Å². The predicted octanol–water partition coefficient (Wildman–Crippen LogP) is 1.19. The van der Waals surface area contributed by atoms with Crippen molar-refractivity contribution in [3.8, 4) is 0 Å². The van der Waals surface area contributed by atoms with Crippen molar-refractivity contribution in [2.45, 2.75) is 45.6 Å². The molecule has 0 radical (unpaired) electrons. The molecule has 1 N–H and O–H groups in total. The fraction of sp³-hybridized carbons (Fsp3) is 1.00. The summed E-state index contributed by atoms with van der Waals surface area (Å²) in [6.07, 6.45) is 3.54. The van der Waals surface area contributed by atoms with Crippen LogP contribution in [-0.2, 0) is 10.0 Å². The van der Waals surface area contributed by atoms with E-state index in [0.29, 0.717) is 12.3 Å². The molecule has 0 aromatic rings. The molecular weight excluding hydrogens is 224 g/mol. The lowest BCUT2D eigenvalue weighted by atomic mass is 10.2. The van der Waals surface area contributed by atoms with E-state index in [1.54, 1.807) is 4.31 Å². The minimum absolute atomic E-state index is 0.182. The molecule has 1 heterocycles. The molecular formula is C11H24N2O2S. The monoisotopic (exact) mass is 248 g/mol. The second-order valence-electron chi connectivity index (χ2n) is 4.43. The van der Waals surface area contributed by atoms with E-state index in [-0.39, 0.29) is 6.04 Å².